The molecule has 2 N–H and O–H groups in total. The smallest absolute Gasteiger partial charge is 0.344 e. The highest BCUT2D eigenvalue weighted by Crippen LogP contribution is 2.30. The first-order valence-corrected chi connectivity index (χ1v) is 9.54. The van der Waals surface area contributed by atoms with Gasteiger partial charge in [-0.15, -0.1) is 0 Å². The van der Waals surface area contributed by atoms with E-state index in [4.69, 9.17) is 14.3 Å². The topological polar surface area (TPSA) is 106 Å². The van der Waals surface area contributed by atoms with Crippen molar-refractivity contribution < 1.29 is 23.8 Å². The monoisotopic (exact) mass is 397 g/mol. The predicted molar refractivity (Wildman–Crippen MR) is 109 cm³/mol. The van der Waals surface area contributed by atoms with Crippen molar-refractivity contribution in [3.05, 3.63) is 52.4 Å². The molecule has 0 saturated carbocycles. The fraction of sp³-hybridized carbons (Fsp3) is 0.318. The number of unbranched alkanes of at least 4 members (excludes halogenated alkanes) is 2. The van der Waals surface area contributed by atoms with Gasteiger partial charge >= 0.3 is 11.6 Å². The minimum absolute atomic E-state index is 0.143. The van der Waals surface area contributed by atoms with Crippen LogP contribution in [0, 0.1) is 6.92 Å². The van der Waals surface area contributed by atoms with Gasteiger partial charge < -0.3 is 19.6 Å². The third-order valence-electron chi connectivity index (χ3n) is 4.74. The summed E-state index contributed by atoms with van der Waals surface area (Å²) in [6.45, 7) is 2.11. The van der Waals surface area contributed by atoms with E-state index < -0.39 is 11.6 Å². The first-order chi connectivity index (χ1) is 14.0. The number of hydrogen-bond donors (Lipinski definition) is 2. The maximum atomic E-state index is 12.2. The second kappa shape index (κ2) is 9.23. The quantitative estimate of drug-likeness (QED) is 0.326. The zero-order valence-corrected chi connectivity index (χ0v) is 16.2. The van der Waals surface area contributed by atoms with E-state index in [1.165, 1.54) is 0 Å². The Morgan fingerprint density at radius 1 is 1.03 bits per heavy atom. The van der Waals surface area contributed by atoms with E-state index >= 15 is 0 Å². The Bertz CT molecular complexity index is 1100. The van der Waals surface area contributed by atoms with Gasteiger partial charge in [0, 0.05) is 23.9 Å². The van der Waals surface area contributed by atoms with E-state index in [2.05, 4.69) is 5.32 Å². The van der Waals surface area contributed by atoms with Crippen LogP contribution in [0.2, 0.25) is 0 Å². The van der Waals surface area contributed by atoms with Crippen molar-refractivity contribution in [2.24, 2.45) is 0 Å². The van der Waals surface area contributed by atoms with Crippen molar-refractivity contribution in [3.8, 4) is 5.75 Å². The number of carbonyl (C=O) groups excluding carboxylic acids is 1. The van der Waals surface area contributed by atoms with E-state index in [9.17, 15) is 14.4 Å². The third kappa shape index (κ3) is 4.93. The Labute approximate surface area is 167 Å². The molecule has 0 radical (unpaired) electrons. The number of fused-ring (bicyclic) bond motifs is 3. The van der Waals surface area contributed by atoms with Crippen LogP contribution in [0.25, 0.3) is 21.7 Å². The van der Waals surface area contributed by atoms with Crippen LogP contribution in [0.1, 0.15) is 31.2 Å². The first-order valence-electron chi connectivity index (χ1n) is 9.54. The van der Waals surface area contributed by atoms with Gasteiger partial charge in [-0.05, 0) is 43.4 Å². The van der Waals surface area contributed by atoms with Crippen molar-refractivity contribution >= 4 is 33.6 Å². The number of nitrogens with one attached hydrogen (secondary N) is 1. The standard InChI is InChI=1S/C22H23NO6/c1-14-18(28-13-19(24)23-12-6-2-3-9-20(25)26)11-10-16-15-7-4-5-8-17(15)22(27)29-21(14)16/h4-5,7-8,10-11H,2-3,6,9,12-13H2,1H3,(H,23,24)(H,25,26). The molecule has 0 aliphatic heterocycles. The molecule has 1 amide bonds. The van der Waals surface area contributed by atoms with Crippen molar-refractivity contribution in [1.29, 1.82) is 0 Å². The fourth-order valence-corrected chi connectivity index (χ4v) is 3.22. The van der Waals surface area contributed by atoms with Gasteiger partial charge in [0.1, 0.15) is 11.3 Å². The summed E-state index contributed by atoms with van der Waals surface area (Å²) in [4.78, 5) is 34.6. The lowest BCUT2D eigenvalue weighted by Crippen LogP contribution is -2.29. The molecule has 0 fully saturated rings. The molecule has 0 unspecified atom stereocenters. The van der Waals surface area contributed by atoms with Crippen molar-refractivity contribution in [3.63, 3.8) is 0 Å². The highest BCUT2D eigenvalue weighted by molar-refractivity contribution is 6.05. The second-order valence-electron chi connectivity index (χ2n) is 6.84. The fourth-order valence-electron chi connectivity index (χ4n) is 3.22. The van der Waals surface area contributed by atoms with Gasteiger partial charge in [0.25, 0.3) is 5.91 Å². The zero-order chi connectivity index (χ0) is 20.8. The molecule has 0 saturated heterocycles. The summed E-state index contributed by atoms with van der Waals surface area (Å²) in [5, 5.41) is 13.5. The van der Waals surface area contributed by atoms with Crippen LogP contribution in [0.3, 0.4) is 0 Å². The Hall–Kier alpha value is -3.35. The molecule has 0 spiro atoms. The van der Waals surface area contributed by atoms with Crippen LogP contribution in [-0.4, -0.2) is 30.1 Å². The highest BCUT2D eigenvalue weighted by atomic mass is 16.5. The number of amides is 1. The Morgan fingerprint density at radius 3 is 2.55 bits per heavy atom. The summed E-state index contributed by atoms with van der Waals surface area (Å²) >= 11 is 0. The molecule has 7 nitrogen and oxygen atoms in total. The Morgan fingerprint density at radius 2 is 1.79 bits per heavy atom. The normalized spacial score (nSPS) is 10.9. The molecule has 3 rings (SSSR count). The van der Waals surface area contributed by atoms with E-state index in [1.54, 1.807) is 25.1 Å². The lowest BCUT2D eigenvalue weighted by atomic mass is 10.0. The summed E-state index contributed by atoms with van der Waals surface area (Å²) in [7, 11) is 0. The van der Waals surface area contributed by atoms with E-state index in [0.717, 1.165) is 17.2 Å². The van der Waals surface area contributed by atoms with Crippen molar-refractivity contribution in [1.82, 2.24) is 5.32 Å². The molecular formula is C22H23NO6. The van der Waals surface area contributed by atoms with Gasteiger partial charge in [-0.25, -0.2) is 4.79 Å². The van der Waals surface area contributed by atoms with E-state index in [1.807, 2.05) is 18.2 Å². The van der Waals surface area contributed by atoms with Gasteiger partial charge in [0.2, 0.25) is 0 Å². The lowest BCUT2D eigenvalue weighted by Gasteiger charge is -2.12. The zero-order valence-electron chi connectivity index (χ0n) is 16.2. The molecule has 0 bridgehead atoms. The maximum Gasteiger partial charge on any atom is 0.344 e. The SMILES string of the molecule is Cc1c(OCC(=O)NCCCCCC(=O)O)ccc2c1oc(=O)c1ccccc12. The Balaban J connectivity index is 1.61. The van der Waals surface area contributed by atoms with E-state index in [0.29, 0.717) is 41.7 Å². The minimum Gasteiger partial charge on any atom is -0.483 e. The van der Waals surface area contributed by atoms with Crippen molar-refractivity contribution in [2.45, 2.75) is 32.6 Å². The van der Waals surface area contributed by atoms with E-state index in [-0.39, 0.29) is 18.9 Å². The maximum absolute atomic E-state index is 12.2. The molecule has 2 aromatic carbocycles. The summed E-state index contributed by atoms with van der Waals surface area (Å²) in [6.07, 6.45) is 2.19. The molecule has 152 valence electrons. The average molecular weight is 397 g/mol. The third-order valence-corrected chi connectivity index (χ3v) is 4.74. The highest BCUT2D eigenvalue weighted by Gasteiger charge is 2.13. The molecule has 3 aromatic rings. The molecule has 7 heteroatoms. The lowest BCUT2D eigenvalue weighted by molar-refractivity contribution is -0.137. The predicted octanol–water partition coefficient (Wildman–Crippen LogP) is 3.39. The van der Waals surface area contributed by atoms with Crippen LogP contribution < -0.4 is 15.7 Å². The molecule has 1 heterocycles. The number of aliphatic carboxylic acids is 1. The summed E-state index contributed by atoms with van der Waals surface area (Å²) < 4.78 is 11.1. The molecule has 29 heavy (non-hydrogen) atoms. The number of rotatable bonds is 9. The second-order valence-corrected chi connectivity index (χ2v) is 6.84. The molecule has 0 atom stereocenters. The number of aryl methyl sites for hydroxylation is 1. The summed E-state index contributed by atoms with van der Waals surface area (Å²) in [5.74, 6) is -0.591. The first kappa shape index (κ1) is 20.4. The molecule has 0 aliphatic carbocycles. The van der Waals surface area contributed by atoms with Gasteiger partial charge in [0.05, 0.1) is 5.39 Å². The number of benzene rings is 2. The van der Waals surface area contributed by atoms with Crippen LogP contribution in [-0.2, 0) is 9.59 Å². The van der Waals surface area contributed by atoms with Crippen LogP contribution in [0.4, 0.5) is 0 Å². The average Bonchev–Trinajstić information content (AvgIpc) is 2.70. The van der Waals surface area contributed by atoms with Crippen LogP contribution in [0.15, 0.2) is 45.6 Å². The van der Waals surface area contributed by atoms with Gasteiger partial charge in [-0.1, -0.05) is 24.6 Å². The van der Waals surface area contributed by atoms with Crippen LogP contribution in [0.5, 0.6) is 5.75 Å². The number of hydrogen-bond acceptors (Lipinski definition) is 5. The van der Waals surface area contributed by atoms with Gasteiger partial charge in [-0.3, -0.25) is 9.59 Å². The number of carbonyl (C=O) groups is 2. The molecular weight excluding hydrogens is 374 g/mol. The number of carboxylic acid groups (broad SMARTS) is 1. The minimum atomic E-state index is -0.808. The van der Waals surface area contributed by atoms with Crippen LogP contribution >= 0.6 is 0 Å². The summed E-state index contributed by atoms with van der Waals surface area (Å²) in [5.41, 5.74) is 0.700. The molecule has 1 aromatic heterocycles. The number of ether oxygens (including phenoxy) is 1. The van der Waals surface area contributed by atoms with Crippen molar-refractivity contribution in [2.75, 3.05) is 13.2 Å². The molecule has 0 aliphatic rings. The van der Waals surface area contributed by atoms with Gasteiger partial charge in [0.15, 0.2) is 6.61 Å². The Kier molecular flexibility index (Phi) is 6.49. The number of carboxylic acids is 1. The summed E-state index contributed by atoms with van der Waals surface area (Å²) in [6, 6.07) is 10.9. The largest absolute Gasteiger partial charge is 0.483 e. The van der Waals surface area contributed by atoms with Gasteiger partial charge in [-0.2, -0.15) is 0 Å².